The summed E-state index contributed by atoms with van der Waals surface area (Å²) in [5.74, 6) is -1.99. The average Bonchev–Trinajstić information content (AvgIpc) is 2.96. The van der Waals surface area contributed by atoms with E-state index in [4.69, 9.17) is 9.47 Å². The Kier molecular flexibility index (Phi) is 5.29. The number of ether oxygens (including phenoxy) is 2. The lowest BCUT2D eigenvalue weighted by molar-refractivity contribution is -0.156. The Hall–Kier alpha value is -1.96. The highest BCUT2D eigenvalue weighted by Crippen LogP contribution is 2.51. The minimum Gasteiger partial charge on any atom is -0.457 e. The molecule has 1 aromatic carbocycles. The number of likely N-dealkylation sites (tertiary alicyclic amines) is 1. The lowest BCUT2D eigenvalue weighted by Crippen LogP contribution is -2.64. The Balaban J connectivity index is 1.68. The van der Waals surface area contributed by atoms with Crippen LogP contribution in [0, 0.1) is 11.8 Å². The summed E-state index contributed by atoms with van der Waals surface area (Å²) in [6, 6.07) is 9.78. The van der Waals surface area contributed by atoms with Gasteiger partial charge in [0.1, 0.15) is 11.7 Å². The monoisotopic (exact) mass is 377 g/mol. The number of aliphatic hydroxyl groups is 2. The molecule has 7 nitrogen and oxygen atoms in total. The van der Waals surface area contributed by atoms with Crippen LogP contribution in [0.4, 0.5) is 0 Å². The predicted octanol–water partition coefficient (Wildman–Crippen LogP) is 0.725. The first-order valence-corrected chi connectivity index (χ1v) is 9.22. The third kappa shape index (κ3) is 2.85. The first-order valence-electron chi connectivity index (χ1n) is 9.22. The topological polar surface area (TPSA) is 96.3 Å². The summed E-state index contributed by atoms with van der Waals surface area (Å²) in [6.07, 6.45) is -0.541. The highest BCUT2D eigenvalue weighted by molar-refractivity contribution is 5.98. The number of carbonyl (C=O) groups excluding carboxylic acids is 2. The molecule has 7 heteroatoms. The van der Waals surface area contributed by atoms with Crippen LogP contribution in [0.15, 0.2) is 30.3 Å². The fraction of sp³-hybridized carbons (Fsp3) is 0.600. The lowest BCUT2D eigenvalue weighted by Gasteiger charge is -2.37. The first-order chi connectivity index (χ1) is 12.8. The van der Waals surface area contributed by atoms with Gasteiger partial charge in [-0.2, -0.15) is 0 Å². The molecule has 148 valence electrons. The van der Waals surface area contributed by atoms with Crippen molar-refractivity contribution in [3.63, 3.8) is 0 Å². The van der Waals surface area contributed by atoms with Crippen LogP contribution in [0.5, 0.6) is 0 Å². The number of benzene rings is 1. The number of carbonyl (C=O) groups is 2. The standard InChI is InChI=1S/C20H27NO6/c1-13(10-26-11-15-7-5-4-6-8-15)9-16-20(25)14(2)17(23)21(3)19(20,12-22)18(24)27-16/h4-8,13-14,16,22,25H,9-12H2,1-3H3/t13-,14+,16+,19-,20-/m1/s1. The number of hydrogen-bond acceptors (Lipinski definition) is 6. The predicted molar refractivity (Wildman–Crippen MR) is 96.5 cm³/mol. The van der Waals surface area contributed by atoms with E-state index in [-0.39, 0.29) is 11.8 Å². The molecule has 2 fully saturated rings. The Morgan fingerprint density at radius 3 is 2.59 bits per heavy atom. The SMILES string of the molecule is C[C@@H](COCc1ccccc1)C[C@@H]1OC(=O)[C@@]2(CO)N(C)C(=O)[C@H](C)[C@@]12O. The van der Waals surface area contributed by atoms with Crippen molar-refractivity contribution in [2.75, 3.05) is 20.3 Å². The van der Waals surface area contributed by atoms with Crippen molar-refractivity contribution < 1.29 is 29.3 Å². The molecule has 2 aliphatic rings. The van der Waals surface area contributed by atoms with E-state index in [0.717, 1.165) is 10.5 Å². The molecule has 0 saturated carbocycles. The van der Waals surface area contributed by atoms with E-state index < -0.39 is 35.7 Å². The van der Waals surface area contributed by atoms with Crippen LogP contribution in [0.3, 0.4) is 0 Å². The van der Waals surface area contributed by atoms with Gasteiger partial charge in [0.05, 0.1) is 19.1 Å². The second kappa shape index (κ2) is 7.22. The quantitative estimate of drug-likeness (QED) is 0.680. The average molecular weight is 377 g/mol. The van der Waals surface area contributed by atoms with E-state index in [9.17, 15) is 19.8 Å². The molecule has 3 rings (SSSR count). The third-order valence-corrected chi connectivity index (χ3v) is 6.03. The van der Waals surface area contributed by atoms with Crippen LogP contribution >= 0.6 is 0 Å². The summed E-state index contributed by atoms with van der Waals surface area (Å²) in [6.45, 7) is 3.72. The van der Waals surface area contributed by atoms with Crippen LogP contribution in [-0.4, -0.2) is 64.5 Å². The van der Waals surface area contributed by atoms with Gasteiger partial charge in [0.25, 0.3) is 0 Å². The molecule has 0 aliphatic carbocycles. The van der Waals surface area contributed by atoms with E-state index in [1.807, 2.05) is 37.3 Å². The zero-order chi connectivity index (χ0) is 19.8. The third-order valence-electron chi connectivity index (χ3n) is 6.03. The van der Waals surface area contributed by atoms with Gasteiger partial charge in [0.2, 0.25) is 5.91 Å². The number of nitrogens with zero attached hydrogens (tertiary/aromatic N) is 1. The number of amides is 1. The Labute approximate surface area is 158 Å². The van der Waals surface area contributed by atoms with Crippen molar-refractivity contribution in [1.82, 2.24) is 4.90 Å². The summed E-state index contributed by atoms with van der Waals surface area (Å²) in [4.78, 5) is 26.1. The van der Waals surface area contributed by atoms with Gasteiger partial charge < -0.3 is 24.6 Å². The van der Waals surface area contributed by atoms with E-state index >= 15 is 0 Å². The van der Waals surface area contributed by atoms with Gasteiger partial charge in [0.15, 0.2) is 5.54 Å². The van der Waals surface area contributed by atoms with Gasteiger partial charge in [-0.05, 0) is 17.9 Å². The highest BCUT2D eigenvalue weighted by Gasteiger charge is 2.77. The molecule has 0 unspecified atom stereocenters. The van der Waals surface area contributed by atoms with Gasteiger partial charge in [-0.3, -0.25) is 4.79 Å². The summed E-state index contributed by atoms with van der Waals surface area (Å²) in [5.41, 5.74) is -2.44. The Bertz CT molecular complexity index is 710. The van der Waals surface area contributed by atoms with Crippen molar-refractivity contribution in [3.05, 3.63) is 35.9 Å². The van der Waals surface area contributed by atoms with E-state index in [1.165, 1.54) is 7.05 Å². The second-order valence-electron chi connectivity index (χ2n) is 7.70. The Morgan fingerprint density at radius 1 is 1.30 bits per heavy atom. The van der Waals surface area contributed by atoms with Crippen molar-refractivity contribution in [2.45, 2.75) is 44.1 Å². The molecule has 5 atom stereocenters. The molecule has 27 heavy (non-hydrogen) atoms. The van der Waals surface area contributed by atoms with Crippen molar-refractivity contribution in [2.24, 2.45) is 11.8 Å². The van der Waals surface area contributed by atoms with Crippen molar-refractivity contribution in [3.8, 4) is 0 Å². The number of likely N-dealkylation sites (N-methyl/N-ethyl adjacent to an activating group) is 1. The Morgan fingerprint density at radius 2 is 1.96 bits per heavy atom. The molecule has 0 spiro atoms. The fourth-order valence-corrected chi connectivity index (χ4v) is 4.37. The molecule has 1 aromatic rings. The molecule has 2 saturated heterocycles. The van der Waals surface area contributed by atoms with Gasteiger partial charge >= 0.3 is 5.97 Å². The number of aliphatic hydroxyl groups excluding tert-OH is 1. The van der Waals surface area contributed by atoms with E-state index in [2.05, 4.69) is 0 Å². The molecule has 0 radical (unpaired) electrons. The zero-order valence-corrected chi connectivity index (χ0v) is 15.9. The smallest absolute Gasteiger partial charge is 0.338 e. The summed E-state index contributed by atoms with van der Waals surface area (Å²) in [7, 11) is 1.42. The van der Waals surface area contributed by atoms with Crippen LogP contribution in [0.25, 0.3) is 0 Å². The van der Waals surface area contributed by atoms with Crippen molar-refractivity contribution in [1.29, 1.82) is 0 Å². The number of fused-ring (bicyclic) bond motifs is 1. The molecule has 2 N–H and O–H groups in total. The molecular formula is C20H27NO6. The summed E-state index contributed by atoms with van der Waals surface area (Å²) < 4.78 is 11.2. The highest BCUT2D eigenvalue weighted by atomic mass is 16.6. The zero-order valence-electron chi connectivity index (χ0n) is 15.9. The first kappa shape index (κ1) is 19.8. The number of hydrogen-bond donors (Lipinski definition) is 2. The minimum atomic E-state index is -1.77. The molecule has 0 bridgehead atoms. The van der Waals surface area contributed by atoms with Crippen molar-refractivity contribution >= 4 is 11.9 Å². The van der Waals surface area contributed by atoms with Gasteiger partial charge in [-0.25, -0.2) is 4.79 Å². The van der Waals surface area contributed by atoms with Crippen LogP contribution < -0.4 is 0 Å². The maximum atomic E-state index is 12.5. The van der Waals surface area contributed by atoms with Crippen LogP contribution in [-0.2, 0) is 25.7 Å². The number of esters is 1. The van der Waals surface area contributed by atoms with E-state index in [0.29, 0.717) is 19.6 Å². The molecule has 2 aliphatic heterocycles. The molecule has 0 aromatic heterocycles. The normalized spacial score (nSPS) is 33.9. The largest absolute Gasteiger partial charge is 0.457 e. The van der Waals surface area contributed by atoms with Gasteiger partial charge in [-0.15, -0.1) is 0 Å². The maximum absolute atomic E-state index is 12.5. The summed E-state index contributed by atoms with van der Waals surface area (Å²) >= 11 is 0. The van der Waals surface area contributed by atoms with Crippen LogP contribution in [0.1, 0.15) is 25.8 Å². The summed E-state index contributed by atoms with van der Waals surface area (Å²) in [5, 5.41) is 21.3. The van der Waals surface area contributed by atoms with Crippen LogP contribution in [0.2, 0.25) is 0 Å². The number of cyclic esters (lactones) is 1. The minimum absolute atomic E-state index is 0.0155. The van der Waals surface area contributed by atoms with Gasteiger partial charge in [-0.1, -0.05) is 44.2 Å². The fourth-order valence-electron chi connectivity index (χ4n) is 4.37. The van der Waals surface area contributed by atoms with E-state index in [1.54, 1.807) is 6.92 Å². The molecular weight excluding hydrogens is 350 g/mol. The molecule has 2 heterocycles. The number of rotatable bonds is 7. The second-order valence-corrected chi connectivity index (χ2v) is 7.70. The molecule has 1 amide bonds. The lowest BCUT2D eigenvalue weighted by atomic mass is 9.72. The van der Waals surface area contributed by atoms with Gasteiger partial charge in [0, 0.05) is 13.7 Å². The maximum Gasteiger partial charge on any atom is 0.338 e.